The Labute approximate surface area is 195 Å². The number of hydrogen-bond donors (Lipinski definition) is 3. The van der Waals surface area contributed by atoms with Crippen LogP contribution in [-0.4, -0.2) is 57.7 Å². The Kier molecular flexibility index (Phi) is 5.63. The predicted molar refractivity (Wildman–Crippen MR) is 130 cm³/mol. The zero-order chi connectivity index (χ0) is 23.1. The first-order valence-electron chi connectivity index (χ1n) is 11.0. The monoisotopic (exact) mass is 465 g/mol. The van der Waals surface area contributed by atoms with E-state index in [1.54, 1.807) is 28.8 Å². The third-order valence-corrected chi connectivity index (χ3v) is 7.25. The van der Waals surface area contributed by atoms with Crippen LogP contribution in [0.15, 0.2) is 24.7 Å². The first-order chi connectivity index (χ1) is 15.9. The van der Waals surface area contributed by atoms with Gasteiger partial charge >= 0.3 is 0 Å². The third kappa shape index (κ3) is 4.00. The number of aromatic nitrogens is 4. The molecule has 0 radical (unpaired) electrons. The number of aromatic amines is 1. The van der Waals surface area contributed by atoms with E-state index in [0.717, 1.165) is 51.9 Å². The van der Waals surface area contributed by atoms with Crippen molar-refractivity contribution in [2.45, 2.75) is 32.3 Å². The summed E-state index contributed by atoms with van der Waals surface area (Å²) in [5.74, 6) is 1.62. The molecule has 4 N–H and O–H groups in total. The second kappa shape index (κ2) is 8.60. The number of anilines is 2. The van der Waals surface area contributed by atoms with Crippen molar-refractivity contribution in [1.82, 2.24) is 25.1 Å². The standard InChI is InChI=1S/C23H27N7O2S/c1-12(9-24)32-18-8-16-14(10-27-29-16)6-17(18)28-21-20-15-5-4-13(23(31)30(2)3)7-19(15)33-22(20)26-11-25-21/h6,8,10-13H,4-5,7,9,24H2,1-3H3,(H,27,29)(H,25,26,28). The molecule has 0 fully saturated rings. The fraction of sp³-hybridized carbons (Fsp3) is 0.391. The summed E-state index contributed by atoms with van der Waals surface area (Å²) in [5, 5.41) is 12.6. The van der Waals surface area contributed by atoms with Crippen LogP contribution in [0.3, 0.4) is 0 Å². The summed E-state index contributed by atoms with van der Waals surface area (Å²) in [6.07, 6.45) is 5.62. The summed E-state index contributed by atoms with van der Waals surface area (Å²) in [4.78, 5) is 25.5. The summed E-state index contributed by atoms with van der Waals surface area (Å²) >= 11 is 1.66. The van der Waals surface area contributed by atoms with Crippen molar-refractivity contribution in [1.29, 1.82) is 0 Å². The molecule has 0 saturated heterocycles. The largest absolute Gasteiger partial charge is 0.487 e. The minimum absolute atomic E-state index is 0.0196. The highest BCUT2D eigenvalue weighted by molar-refractivity contribution is 7.19. The van der Waals surface area contributed by atoms with Gasteiger partial charge in [-0.15, -0.1) is 11.3 Å². The number of amides is 1. The molecule has 10 heteroatoms. The maximum absolute atomic E-state index is 12.5. The van der Waals surface area contributed by atoms with E-state index in [9.17, 15) is 4.79 Å². The van der Waals surface area contributed by atoms with Crippen molar-refractivity contribution >= 4 is 49.9 Å². The molecule has 5 rings (SSSR count). The van der Waals surface area contributed by atoms with Crippen LogP contribution >= 0.6 is 11.3 Å². The van der Waals surface area contributed by atoms with Crippen molar-refractivity contribution in [3.8, 4) is 5.75 Å². The van der Waals surface area contributed by atoms with Gasteiger partial charge in [0, 0.05) is 42.9 Å². The number of fused-ring (bicyclic) bond motifs is 4. The number of hydrogen-bond acceptors (Lipinski definition) is 8. The lowest BCUT2D eigenvalue weighted by Crippen LogP contribution is -2.32. The average Bonchev–Trinajstić information content (AvgIpc) is 3.42. The number of ether oxygens (including phenoxy) is 1. The Bertz CT molecular complexity index is 1330. The number of rotatable bonds is 6. The van der Waals surface area contributed by atoms with Gasteiger partial charge in [0.15, 0.2) is 0 Å². The van der Waals surface area contributed by atoms with Gasteiger partial charge in [0.25, 0.3) is 0 Å². The predicted octanol–water partition coefficient (Wildman–Crippen LogP) is 3.23. The fourth-order valence-electron chi connectivity index (χ4n) is 4.34. The van der Waals surface area contributed by atoms with Crippen molar-refractivity contribution in [3.63, 3.8) is 0 Å². The molecule has 1 amide bonds. The van der Waals surface area contributed by atoms with E-state index in [1.807, 2.05) is 33.2 Å². The molecule has 2 atom stereocenters. The molecule has 3 aromatic heterocycles. The topological polar surface area (TPSA) is 122 Å². The van der Waals surface area contributed by atoms with Gasteiger partial charge in [-0.3, -0.25) is 9.89 Å². The molecule has 0 bridgehead atoms. The lowest BCUT2D eigenvalue weighted by molar-refractivity contribution is -0.133. The second-order valence-corrected chi connectivity index (χ2v) is 9.76. The number of benzene rings is 1. The minimum atomic E-state index is -0.142. The van der Waals surface area contributed by atoms with E-state index >= 15 is 0 Å². The number of nitrogens with one attached hydrogen (secondary N) is 2. The molecule has 172 valence electrons. The highest BCUT2D eigenvalue weighted by Crippen LogP contribution is 2.42. The number of aryl methyl sites for hydroxylation is 1. The number of carbonyl (C=O) groups excluding carboxylic acids is 1. The molecule has 1 aromatic carbocycles. The van der Waals surface area contributed by atoms with E-state index in [-0.39, 0.29) is 17.9 Å². The molecule has 0 saturated carbocycles. The normalized spacial score (nSPS) is 16.5. The van der Waals surface area contributed by atoms with Gasteiger partial charge in [-0.05, 0) is 37.8 Å². The smallest absolute Gasteiger partial charge is 0.225 e. The number of nitrogens with two attached hydrogens (primary N) is 1. The molecule has 0 aliphatic heterocycles. The number of H-pyrrole nitrogens is 1. The zero-order valence-corrected chi connectivity index (χ0v) is 19.7. The van der Waals surface area contributed by atoms with Crippen LogP contribution in [0.25, 0.3) is 21.1 Å². The summed E-state index contributed by atoms with van der Waals surface area (Å²) in [6.45, 7) is 2.34. The number of thiophene rings is 1. The van der Waals surface area contributed by atoms with E-state index in [1.165, 1.54) is 10.4 Å². The Morgan fingerprint density at radius 3 is 3.03 bits per heavy atom. The minimum Gasteiger partial charge on any atom is -0.487 e. The SMILES string of the molecule is CC(CN)Oc1cc2[nH]ncc2cc1Nc1ncnc2sc3c(c12)CCC(C(=O)N(C)C)C3. The fourth-order valence-corrected chi connectivity index (χ4v) is 5.61. The van der Waals surface area contributed by atoms with Crippen LogP contribution in [0.5, 0.6) is 5.75 Å². The molecular weight excluding hydrogens is 438 g/mol. The quantitative estimate of drug-likeness (QED) is 0.400. The van der Waals surface area contributed by atoms with Crippen LogP contribution in [0, 0.1) is 5.92 Å². The van der Waals surface area contributed by atoms with Crippen LogP contribution in [-0.2, 0) is 17.6 Å². The maximum atomic E-state index is 12.5. The van der Waals surface area contributed by atoms with Crippen LogP contribution in [0.2, 0.25) is 0 Å². The zero-order valence-electron chi connectivity index (χ0n) is 18.9. The van der Waals surface area contributed by atoms with E-state index in [4.69, 9.17) is 10.5 Å². The summed E-state index contributed by atoms with van der Waals surface area (Å²) in [6, 6.07) is 3.92. The van der Waals surface area contributed by atoms with Gasteiger partial charge in [0.05, 0.1) is 22.8 Å². The molecule has 1 aliphatic carbocycles. The van der Waals surface area contributed by atoms with Crippen molar-refractivity contribution in [2.75, 3.05) is 26.0 Å². The highest BCUT2D eigenvalue weighted by Gasteiger charge is 2.30. The molecule has 3 heterocycles. The van der Waals surface area contributed by atoms with Gasteiger partial charge in [-0.25, -0.2) is 9.97 Å². The Hall–Kier alpha value is -3.24. The molecule has 0 spiro atoms. The molecule has 2 unspecified atom stereocenters. The average molecular weight is 466 g/mol. The van der Waals surface area contributed by atoms with E-state index < -0.39 is 0 Å². The third-order valence-electron chi connectivity index (χ3n) is 6.09. The Morgan fingerprint density at radius 1 is 1.39 bits per heavy atom. The molecule has 33 heavy (non-hydrogen) atoms. The second-order valence-electron chi connectivity index (χ2n) is 8.67. The first kappa shape index (κ1) is 21.6. The first-order valence-corrected chi connectivity index (χ1v) is 11.8. The van der Waals surface area contributed by atoms with Gasteiger partial charge in [0.2, 0.25) is 5.91 Å². The van der Waals surface area contributed by atoms with Crippen LogP contribution < -0.4 is 15.8 Å². The lowest BCUT2D eigenvalue weighted by Gasteiger charge is -2.24. The highest BCUT2D eigenvalue weighted by atomic mass is 32.1. The van der Waals surface area contributed by atoms with Crippen molar-refractivity contribution < 1.29 is 9.53 Å². The van der Waals surface area contributed by atoms with Gasteiger partial charge in [0.1, 0.15) is 28.8 Å². The van der Waals surface area contributed by atoms with Crippen LogP contribution in [0.1, 0.15) is 23.8 Å². The molecule has 9 nitrogen and oxygen atoms in total. The summed E-state index contributed by atoms with van der Waals surface area (Å²) in [7, 11) is 3.64. The van der Waals surface area contributed by atoms with Crippen LogP contribution in [0.4, 0.5) is 11.5 Å². The van der Waals surface area contributed by atoms with Gasteiger partial charge in [-0.2, -0.15) is 5.10 Å². The molecule has 1 aliphatic rings. The Balaban J connectivity index is 1.54. The molecular formula is C23H27N7O2S. The summed E-state index contributed by atoms with van der Waals surface area (Å²) in [5.41, 5.74) is 8.71. The summed E-state index contributed by atoms with van der Waals surface area (Å²) < 4.78 is 6.10. The lowest BCUT2D eigenvalue weighted by atomic mass is 9.87. The number of carbonyl (C=O) groups is 1. The van der Waals surface area contributed by atoms with Gasteiger partial charge < -0.3 is 20.7 Å². The number of nitrogens with zero attached hydrogens (tertiary/aromatic N) is 4. The van der Waals surface area contributed by atoms with Crippen molar-refractivity contribution in [3.05, 3.63) is 35.1 Å². The van der Waals surface area contributed by atoms with E-state index in [0.29, 0.717) is 12.3 Å². The van der Waals surface area contributed by atoms with Gasteiger partial charge in [-0.1, -0.05) is 0 Å². The van der Waals surface area contributed by atoms with Crippen molar-refractivity contribution in [2.24, 2.45) is 11.7 Å². The maximum Gasteiger partial charge on any atom is 0.225 e. The van der Waals surface area contributed by atoms with E-state index in [2.05, 4.69) is 25.5 Å². The Morgan fingerprint density at radius 2 is 2.24 bits per heavy atom. The molecule has 4 aromatic rings.